The topological polar surface area (TPSA) is 428 Å². The highest BCUT2D eigenvalue weighted by Crippen LogP contribution is 2.23. The first-order valence-corrected chi connectivity index (χ1v) is 27.8. The van der Waals surface area contributed by atoms with Gasteiger partial charge in [0, 0.05) is 45.6 Å². The number of guanidine groups is 2. The zero-order valence-corrected chi connectivity index (χ0v) is 46.6. The number of hydrogen-bond donors (Lipinski definition) is 13. The summed E-state index contributed by atoms with van der Waals surface area (Å²) in [6.45, 7) is 3.92. The zero-order chi connectivity index (χ0) is 59.9. The molecule has 18 N–H and O–H groups in total. The van der Waals surface area contributed by atoms with Crippen LogP contribution in [0.25, 0.3) is 10.8 Å². The van der Waals surface area contributed by atoms with Crippen molar-refractivity contribution in [1.29, 1.82) is 0 Å². The minimum absolute atomic E-state index is 0.0103. The molecule has 26 heteroatoms. The van der Waals surface area contributed by atoms with E-state index in [2.05, 4.69) is 41.9 Å². The Hall–Kier alpha value is -8.55. The molecule has 9 amide bonds. The summed E-state index contributed by atoms with van der Waals surface area (Å²) in [5.74, 6) is -7.04. The number of rotatable bonds is 30. The molecular formula is C56H81N15O11. The van der Waals surface area contributed by atoms with Crippen molar-refractivity contribution in [2.24, 2.45) is 44.6 Å². The summed E-state index contributed by atoms with van der Waals surface area (Å²) in [6.07, 6.45) is 2.76. The molecule has 5 rings (SSSR count). The van der Waals surface area contributed by atoms with Gasteiger partial charge in [0.25, 0.3) is 0 Å². The van der Waals surface area contributed by atoms with Crippen molar-refractivity contribution in [3.63, 3.8) is 0 Å². The number of nitrogens with one attached hydrogen (secondary N) is 6. The van der Waals surface area contributed by atoms with Crippen molar-refractivity contribution in [2.75, 3.05) is 39.3 Å². The molecule has 2 aliphatic heterocycles. The molecular weight excluding hydrogens is 1060 g/mol. The zero-order valence-electron chi connectivity index (χ0n) is 46.6. The molecule has 2 saturated heterocycles. The van der Waals surface area contributed by atoms with Gasteiger partial charge in [-0.15, -0.1) is 0 Å². The number of aliphatic imine (C=N–C) groups is 2. The highest BCUT2D eigenvalue weighted by Gasteiger charge is 2.39. The summed E-state index contributed by atoms with van der Waals surface area (Å²) in [5, 5.41) is 38.7. The molecule has 0 bridgehead atoms. The Morgan fingerprint density at radius 3 is 1.76 bits per heavy atom. The van der Waals surface area contributed by atoms with Gasteiger partial charge >= 0.3 is 6.03 Å². The van der Waals surface area contributed by atoms with Crippen molar-refractivity contribution in [1.82, 2.24) is 41.7 Å². The molecule has 0 saturated carbocycles. The number of nitrogens with zero attached hydrogens (tertiary/aromatic N) is 4. The first-order chi connectivity index (χ1) is 39.1. The third-order valence-corrected chi connectivity index (χ3v) is 14.1. The molecule has 3 aromatic carbocycles. The van der Waals surface area contributed by atoms with Gasteiger partial charge in [-0.2, -0.15) is 0 Å². The van der Waals surface area contributed by atoms with Crippen LogP contribution in [-0.2, 0) is 51.2 Å². The van der Waals surface area contributed by atoms with E-state index >= 15 is 0 Å². The van der Waals surface area contributed by atoms with Gasteiger partial charge in [0.1, 0.15) is 42.0 Å². The van der Waals surface area contributed by atoms with E-state index < -0.39 is 108 Å². The summed E-state index contributed by atoms with van der Waals surface area (Å²) in [6, 6.07) is 9.08. The number of benzene rings is 3. The number of carbonyl (C=O) groups is 9. The second-order valence-corrected chi connectivity index (χ2v) is 21.1. The van der Waals surface area contributed by atoms with E-state index in [-0.39, 0.29) is 94.6 Å². The number of ketones is 1. The quantitative estimate of drug-likeness (QED) is 0.0163. The van der Waals surface area contributed by atoms with Crippen molar-refractivity contribution < 1.29 is 53.4 Å². The fourth-order valence-electron chi connectivity index (χ4n) is 9.96. The van der Waals surface area contributed by atoms with Crippen LogP contribution in [0.3, 0.4) is 0 Å². The van der Waals surface area contributed by atoms with Crippen molar-refractivity contribution in [2.45, 2.75) is 140 Å². The van der Waals surface area contributed by atoms with Gasteiger partial charge in [-0.1, -0.05) is 68.4 Å². The Bertz CT molecular complexity index is 2760. The Labute approximate surface area is 476 Å². The first-order valence-electron chi connectivity index (χ1n) is 27.8. The molecule has 0 aromatic heterocycles. The summed E-state index contributed by atoms with van der Waals surface area (Å²) >= 11 is 0. The van der Waals surface area contributed by atoms with E-state index in [1.807, 2.05) is 42.5 Å². The van der Waals surface area contributed by atoms with E-state index in [1.54, 1.807) is 18.7 Å². The number of urea groups is 1. The number of phenolic OH excluding ortho intramolecular Hbond substituents is 1. The monoisotopic (exact) mass is 1140 g/mol. The van der Waals surface area contributed by atoms with E-state index in [0.29, 0.717) is 25.1 Å². The predicted octanol–water partition coefficient (Wildman–Crippen LogP) is -1.10. The van der Waals surface area contributed by atoms with Gasteiger partial charge in [-0.05, 0) is 104 Å². The van der Waals surface area contributed by atoms with Gasteiger partial charge in [0.05, 0.1) is 19.1 Å². The molecule has 3 aromatic rings. The normalized spacial score (nSPS) is 16.3. The lowest BCUT2D eigenvalue weighted by atomic mass is 9.98. The number of piperidine rings is 1. The van der Waals surface area contributed by atoms with Gasteiger partial charge < -0.3 is 80.6 Å². The molecule has 7 atom stereocenters. The molecule has 0 spiro atoms. The van der Waals surface area contributed by atoms with Crippen LogP contribution in [0, 0.1) is 5.92 Å². The smallest absolute Gasteiger partial charge is 0.318 e. The number of aliphatic hydroxyl groups is 1. The SMILES string of the molecule is CC(C)C[C@H](NC(=O)[C@@H](CCCN=C(N)N)NC(=O)[C@H](Cc1ccc(O)cc1)NC(=O)[C@H](CO)NC(=O)[C@H](Cc1cccc2ccccc12)NC(=O)N1CCCCC1)C(=O)N[C@@H](CCCN=C(N)N)C(=O)N1CCC[C@H]1C(=O)CC(N)=O. The van der Waals surface area contributed by atoms with Crippen LogP contribution in [0.5, 0.6) is 5.75 Å². The van der Waals surface area contributed by atoms with E-state index in [1.165, 1.54) is 29.2 Å². The third kappa shape index (κ3) is 20.2. The van der Waals surface area contributed by atoms with E-state index in [4.69, 9.17) is 28.7 Å². The van der Waals surface area contributed by atoms with E-state index in [9.17, 15) is 53.4 Å². The van der Waals surface area contributed by atoms with Crippen molar-refractivity contribution in [3.05, 3.63) is 77.9 Å². The lowest BCUT2D eigenvalue weighted by Crippen LogP contribution is -2.61. The number of hydrogen-bond acceptors (Lipinski definition) is 13. The van der Waals surface area contributed by atoms with Crippen LogP contribution in [0.4, 0.5) is 4.79 Å². The predicted molar refractivity (Wildman–Crippen MR) is 307 cm³/mol. The first kappa shape index (κ1) is 64.3. The number of carbonyl (C=O) groups excluding carboxylic acids is 9. The van der Waals surface area contributed by atoms with Crippen molar-refractivity contribution >= 4 is 75.9 Å². The maximum atomic E-state index is 14.7. The Morgan fingerprint density at radius 1 is 0.598 bits per heavy atom. The highest BCUT2D eigenvalue weighted by atomic mass is 16.3. The molecule has 2 aliphatic rings. The number of phenols is 1. The lowest BCUT2D eigenvalue weighted by molar-refractivity contribution is -0.142. The van der Waals surface area contributed by atoms with E-state index in [0.717, 1.165) is 35.6 Å². The van der Waals surface area contributed by atoms with Gasteiger partial charge in [-0.3, -0.25) is 48.3 Å². The largest absolute Gasteiger partial charge is 0.508 e. The second kappa shape index (κ2) is 32.0. The Kier molecular flexibility index (Phi) is 25.1. The minimum Gasteiger partial charge on any atom is -0.508 e. The minimum atomic E-state index is -1.66. The fraction of sp³-hybridized carbons (Fsp3) is 0.518. The van der Waals surface area contributed by atoms with Crippen LogP contribution in [0.1, 0.15) is 95.6 Å². The number of primary amides is 1. The molecule has 2 heterocycles. The third-order valence-electron chi connectivity index (χ3n) is 14.1. The average molecular weight is 1140 g/mol. The van der Waals surface area contributed by atoms with Gasteiger partial charge in [-0.25, -0.2) is 4.79 Å². The number of aliphatic hydroxyl groups excluding tert-OH is 1. The van der Waals surface area contributed by atoms with Crippen LogP contribution in [-0.4, -0.2) is 167 Å². The highest BCUT2D eigenvalue weighted by molar-refractivity contribution is 6.02. The Balaban J connectivity index is 1.40. The fourth-order valence-corrected chi connectivity index (χ4v) is 9.96. The van der Waals surface area contributed by atoms with Crippen LogP contribution in [0.15, 0.2) is 76.7 Å². The summed E-state index contributed by atoms with van der Waals surface area (Å²) in [4.78, 5) is 136. The molecule has 0 radical (unpaired) electrons. The second-order valence-electron chi connectivity index (χ2n) is 21.1. The molecule has 0 unspecified atom stereocenters. The van der Waals surface area contributed by atoms with Crippen LogP contribution in [0.2, 0.25) is 0 Å². The van der Waals surface area contributed by atoms with Gasteiger partial charge in [0.2, 0.25) is 41.4 Å². The maximum absolute atomic E-state index is 14.7. The Morgan fingerprint density at radius 2 is 1.13 bits per heavy atom. The average Bonchev–Trinajstić information content (AvgIpc) is 3.97. The standard InChI is InChI=1S/C56H81N15O11/c1-33(2)28-41(49(77)65-40(17-10-24-63-55(60)61)53(81)71-27-11-18-45(71)46(74)31-47(57)75)66-48(76)39(16-9-23-62-54(58)59)64-50(78)42(29-34-19-21-37(73)22-20-34)67-52(80)44(32-72)68-51(79)43(69-56(82)70-25-6-3-7-26-70)30-36-14-8-13-35-12-4-5-15-38(35)36/h4-5,8,12-15,19-22,33,39-45,72-73H,3,6-7,9-11,16-18,23-32H2,1-2H3,(H2,57,75)(H,64,78)(H,65,77)(H,66,76)(H,67,80)(H,68,79)(H,69,82)(H4,58,59,62)(H4,60,61,63)/t39-,40+,41+,42+,43+,44+,45+/m1/s1. The number of likely N-dealkylation sites (tertiary alicyclic amines) is 2. The molecule has 446 valence electrons. The number of amides is 9. The summed E-state index contributed by atoms with van der Waals surface area (Å²) in [5.41, 5.74) is 28.7. The summed E-state index contributed by atoms with van der Waals surface area (Å²) in [7, 11) is 0. The number of fused-ring (bicyclic) bond motifs is 1. The number of Topliss-reactive ketones (excluding diaryl/α,β-unsaturated/α-hetero) is 1. The van der Waals surface area contributed by atoms with Crippen LogP contribution >= 0.6 is 0 Å². The lowest BCUT2D eigenvalue weighted by Gasteiger charge is -2.30. The van der Waals surface area contributed by atoms with Crippen LogP contribution < -0.4 is 60.6 Å². The molecule has 0 aliphatic carbocycles. The number of aromatic hydroxyl groups is 1. The molecule has 26 nitrogen and oxygen atoms in total. The molecule has 2 fully saturated rings. The molecule has 82 heavy (non-hydrogen) atoms. The maximum Gasteiger partial charge on any atom is 0.318 e. The number of nitrogens with two attached hydrogens (primary N) is 5. The van der Waals surface area contributed by atoms with Gasteiger partial charge in [0.15, 0.2) is 17.7 Å². The van der Waals surface area contributed by atoms with Crippen molar-refractivity contribution in [3.8, 4) is 5.75 Å². The summed E-state index contributed by atoms with van der Waals surface area (Å²) < 4.78 is 0.